The first-order chi connectivity index (χ1) is 17.4. The fraction of sp³-hybridized carbons (Fsp3) is 0.379. The molecular weight excluding hydrogens is 450 g/mol. The predicted molar refractivity (Wildman–Crippen MR) is 137 cm³/mol. The molecule has 5 rings (SSSR count). The number of carbonyl (C=O) groups is 2. The molecule has 36 heavy (non-hydrogen) atoms. The number of imidazole rings is 1. The highest BCUT2D eigenvalue weighted by molar-refractivity contribution is 5.95. The predicted octanol–water partition coefficient (Wildman–Crippen LogP) is 4.15. The lowest BCUT2D eigenvalue weighted by molar-refractivity contribution is -0.129. The van der Waals surface area contributed by atoms with Gasteiger partial charge in [-0.15, -0.1) is 0 Å². The highest BCUT2D eigenvalue weighted by Crippen LogP contribution is 2.30. The summed E-state index contributed by atoms with van der Waals surface area (Å²) in [6.45, 7) is 6.60. The molecule has 7 nitrogen and oxygen atoms in total. The minimum atomic E-state index is 0.0565. The Labute approximate surface area is 211 Å². The fourth-order valence-electron chi connectivity index (χ4n) is 5.24. The second-order valence-corrected chi connectivity index (χ2v) is 9.98. The van der Waals surface area contributed by atoms with Crippen LogP contribution in [0.15, 0.2) is 48.5 Å². The Balaban J connectivity index is 1.20. The van der Waals surface area contributed by atoms with Crippen molar-refractivity contribution in [2.45, 2.75) is 44.9 Å². The highest BCUT2D eigenvalue weighted by atomic mass is 16.2. The Bertz CT molecular complexity index is 1310. The van der Waals surface area contributed by atoms with E-state index in [9.17, 15) is 9.59 Å². The molecule has 2 saturated heterocycles. The summed E-state index contributed by atoms with van der Waals surface area (Å²) in [5, 5.41) is 8.98. The molecule has 1 aromatic heterocycles. The SMILES string of the molecule is CC(=O)N1CCC(c2nc(C)c(Cc3cccc(C(=O)N4CC(c5ccc(C#N)cc5)C4)c3)[nH]2)CC1. The number of H-pyrrole nitrogens is 1. The summed E-state index contributed by atoms with van der Waals surface area (Å²) in [6, 6.07) is 17.7. The molecule has 0 saturated carbocycles. The maximum atomic E-state index is 13.1. The van der Waals surface area contributed by atoms with E-state index in [2.05, 4.69) is 17.1 Å². The smallest absolute Gasteiger partial charge is 0.253 e. The minimum absolute atomic E-state index is 0.0565. The van der Waals surface area contributed by atoms with Crippen molar-refractivity contribution in [1.29, 1.82) is 5.26 Å². The maximum Gasteiger partial charge on any atom is 0.253 e. The summed E-state index contributed by atoms with van der Waals surface area (Å²) in [5.41, 5.74) is 5.68. The van der Waals surface area contributed by atoms with Crippen LogP contribution in [-0.2, 0) is 11.2 Å². The number of aromatic amines is 1. The molecule has 7 heteroatoms. The second-order valence-electron chi connectivity index (χ2n) is 9.98. The molecule has 0 bridgehead atoms. The quantitative estimate of drug-likeness (QED) is 0.593. The van der Waals surface area contributed by atoms with Crippen LogP contribution < -0.4 is 0 Å². The summed E-state index contributed by atoms with van der Waals surface area (Å²) in [7, 11) is 0. The summed E-state index contributed by atoms with van der Waals surface area (Å²) >= 11 is 0. The number of benzene rings is 2. The molecule has 0 atom stereocenters. The molecule has 3 heterocycles. The topological polar surface area (TPSA) is 93.1 Å². The van der Waals surface area contributed by atoms with Gasteiger partial charge in [0.25, 0.3) is 5.91 Å². The van der Waals surface area contributed by atoms with Crippen molar-refractivity contribution in [2.24, 2.45) is 0 Å². The van der Waals surface area contributed by atoms with E-state index in [0.717, 1.165) is 48.7 Å². The minimum Gasteiger partial charge on any atom is -0.345 e. The zero-order chi connectivity index (χ0) is 25.2. The lowest BCUT2D eigenvalue weighted by atomic mass is 9.90. The van der Waals surface area contributed by atoms with Crippen LogP contribution in [0.5, 0.6) is 0 Å². The van der Waals surface area contributed by atoms with Gasteiger partial charge in [0.2, 0.25) is 5.91 Å². The van der Waals surface area contributed by atoms with E-state index in [1.807, 2.05) is 59.2 Å². The van der Waals surface area contributed by atoms with Crippen molar-refractivity contribution >= 4 is 11.8 Å². The third-order valence-electron chi connectivity index (χ3n) is 7.57. The number of nitrogens with zero attached hydrogens (tertiary/aromatic N) is 4. The molecular formula is C29H31N5O2. The summed E-state index contributed by atoms with van der Waals surface area (Å²) in [4.78, 5) is 36.8. The van der Waals surface area contributed by atoms with Crippen molar-refractivity contribution in [2.75, 3.05) is 26.2 Å². The van der Waals surface area contributed by atoms with Gasteiger partial charge in [0, 0.05) is 62.6 Å². The van der Waals surface area contributed by atoms with Crippen LogP contribution in [0.4, 0.5) is 0 Å². The first-order valence-electron chi connectivity index (χ1n) is 12.6. The van der Waals surface area contributed by atoms with Crippen molar-refractivity contribution in [3.8, 4) is 6.07 Å². The lowest BCUT2D eigenvalue weighted by Gasteiger charge is -2.39. The molecule has 0 unspecified atom stereocenters. The average molecular weight is 482 g/mol. The van der Waals surface area contributed by atoms with Gasteiger partial charge in [-0.05, 0) is 55.2 Å². The largest absolute Gasteiger partial charge is 0.345 e. The van der Waals surface area contributed by atoms with Crippen LogP contribution in [0.2, 0.25) is 0 Å². The number of amides is 2. The van der Waals surface area contributed by atoms with Crippen molar-refractivity contribution in [3.63, 3.8) is 0 Å². The third kappa shape index (κ3) is 4.90. The lowest BCUT2D eigenvalue weighted by Crippen LogP contribution is -2.48. The zero-order valence-corrected chi connectivity index (χ0v) is 20.8. The molecule has 3 aromatic rings. The molecule has 2 fully saturated rings. The van der Waals surface area contributed by atoms with Crippen LogP contribution in [0.3, 0.4) is 0 Å². The van der Waals surface area contributed by atoms with E-state index in [1.54, 1.807) is 6.92 Å². The van der Waals surface area contributed by atoms with Crippen molar-refractivity contribution < 1.29 is 9.59 Å². The molecule has 184 valence electrons. The van der Waals surface area contributed by atoms with E-state index in [1.165, 1.54) is 5.56 Å². The van der Waals surface area contributed by atoms with Crippen LogP contribution in [0.1, 0.15) is 75.9 Å². The number of nitriles is 1. The summed E-state index contributed by atoms with van der Waals surface area (Å²) < 4.78 is 0. The normalized spacial score (nSPS) is 16.5. The second kappa shape index (κ2) is 9.98. The maximum absolute atomic E-state index is 13.1. The Morgan fingerprint density at radius 2 is 1.78 bits per heavy atom. The van der Waals surface area contributed by atoms with E-state index in [-0.39, 0.29) is 11.8 Å². The van der Waals surface area contributed by atoms with Crippen LogP contribution in [-0.4, -0.2) is 57.8 Å². The number of aromatic nitrogens is 2. The standard InChI is InChI=1S/C29H31N5O2/c1-19-27(32-28(31-19)24-10-12-33(13-11-24)20(2)35)15-22-4-3-5-25(14-22)29(36)34-17-26(18-34)23-8-6-21(16-30)7-9-23/h3-9,14,24,26H,10-13,15,17-18H2,1-2H3,(H,31,32). The number of carbonyl (C=O) groups excluding carboxylic acids is 2. The molecule has 2 amide bonds. The van der Waals surface area contributed by atoms with Gasteiger partial charge in [-0.3, -0.25) is 9.59 Å². The Kier molecular flexibility index (Phi) is 6.60. The van der Waals surface area contributed by atoms with Gasteiger partial charge in [0.1, 0.15) is 5.82 Å². The van der Waals surface area contributed by atoms with Crippen molar-refractivity contribution in [1.82, 2.24) is 19.8 Å². The van der Waals surface area contributed by atoms with Gasteiger partial charge in [0.15, 0.2) is 0 Å². The molecule has 1 N–H and O–H groups in total. The van der Waals surface area contributed by atoms with Crippen LogP contribution in [0, 0.1) is 18.3 Å². The van der Waals surface area contributed by atoms with E-state index in [0.29, 0.717) is 42.5 Å². The molecule has 0 aliphatic carbocycles. The number of hydrogen-bond donors (Lipinski definition) is 1. The van der Waals surface area contributed by atoms with Gasteiger partial charge in [-0.2, -0.15) is 5.26 Å². The number of rotatable bonds is 5. The monoisotopic (exact) mass is 481 g/mol. The zero-order valence-electron chi connectivity index (χ0n) is 20.8. The van der Waals surface area contributed by atoms with Gasteiger partial charge >= 0.3 is 0 Å². The van der Waals surface area contributed by atoms with E-state index >= 15 is 0 Å². The number of aryl methyl sites for hydroxylation is 1. The van der Waals surface area contributed by atoms with E-state index in [4.69, 9.17) is 10.2 Å². The van der Waals surface area contributed by atoms with Crippen LogP contribution >= 0.6 is 0 Å². The number of likely N-dealkylation sites (tertiary alicyclic amines) is 2. The third-order valence-corrected chi connectivity index (χ3v) is 7.57. The molecule has 2 aliphatic rings. The number of nitrogens with one attached hydrogen (secondary N) is 1. The first-order valence-corrected chi connectivity index (χ1v) is 12.6. The number of piperidine rings is 1. The van der Waals surface area contributed by atoms with Crippen molar-refractivity contribution in [3.05, 3.63) is 88.0 Å². The first kappa shape index (κ1) is 23.8. The highest BCUT2D eigenvalue weighted by Gasteiger charge is 2.32. The molecule has 0 radical (unpaired) electrons. The van der Waals surface area contributed by atoms with Gasteiger partial charge in [0.05, 0.1) is 17.3 Å². The summed E-state index contributed by atoms with van der Waals surface area (Å²) in [5.74, 6) is 1.87. The molecule has 2 aliphatic heterocycles. The van der Waals surface area contributed by atoms with Crippen LogP contribution in [0.25, 0.3) is 0 Å². The fourth-order valence-corrected chi connectivity index (χ4v) is 5.24. The van der Waals surface area contributed by atoms with Gasteiger partial charge in [-0.1, -0.05) is 24.3 Å². The van der Waals surface area contributed by atoms with E-state index < -0.39 is 0 Å². The Morgan fingerprint density at radius 1 is 1.06 bits per heavy atom. The molecule has 0 spiro atoms. The average Bonchev–Trinajstić information content (AvgIpc) is 3.23. The number of hydrogen-bond acceptors (Lipinski definition) is 4. The van der Waals surface area contributed by atoms with Gasteiger partial charge < -0.3 is 14.8 Å². The van der Waals surface area contributed by atoms with Gasteiger partial charge in [-0.25, -0.2) is 4.98 Å². The molecule has 2 aromatic carbocycles. The Morgan fingerprint density at radius 3 is 2.44 bits per heavy atom. The summed E-state index contributed by atoms with van der Waals surface area (Å²) in [6.07, 6.45) is 2.55. The Hall–Kier alpha value is -3.92.